The second kappa shape index (κ2) is 6.65. The second-order valence-electron chi connectivity index (χ2n) is 5.92. The van der Waals surface area contributed by atoms with Crippen molar-refractivity contribution < 1.29 is 0 Å². The molecule has 3 aromatic carbocycles. The first-order chi connectivity index (χ1) is 12.3. The normalized spacial score (nSPS) is 10.7. The van der Waals surface area contributed by atoms with Gasteiger partial charge in [0.25, 0.3) is 5.56 Å². The fourth-order valence-corrected chi connectivity index (χ4v) is 3.06. The zero-order valence-corrected chi connectivity index (χ0v) is 13.7. The molecule has 0 spiro atoms. The van der Waals surface area contributed by atoms with Crippen molar-refractivity contribution in [3.05, 3.63) is 107 Å². The van der Waals surface area contributed by atoms with Gasteiger partial charge in [-0.1, -0.05) is 66.7 Å². The van der Waals surface area contributed by atoms with Crippen molar-refractivity contribution in [2.24, 2.45) is 0 Å². The van der Waals surface area contributed by atoms with E-state index in [9.17, 15) is 4.79 Å². The highest BCUT2D eigenvalue weighted by Crippen LogP contribution is 2.24. The Bertz CT molecular complexity index is 1050. The number of benzene rings is 3. The second-order valence-corrected chi connectivity index (χ2v) is 5.92. The van der Waals surface area contributed by atoms with E-state index < -0.39 is 0 Å². The first kappa shape index (κ1) is 15.2. The van der Waals surface area contributed by atoms with Gasteiger partial charge in [-0.05, 0) is 23.8 Å². The minimum absolute atomic E-state index is 0.0412. The predicted molar refractivity (Wildman–Crippen MR) is 103 cm³/mol. The van der Waals surface area contributed by atoms with Gasteiger partial charge in [-0.2, -0.15) is 0 Å². The summed E-state index contributed by atoms with van der Waals surface area (Å²) in [5.74, 6) is 0. The fraction of sp³-hybridized carbons (Fsp3) is 0.0455. The Morgan fingerprint density at radius 1 is 0.760 bits per heavy atom. The van der Waals surface area contributed by atoms with Crippen LogP contribution >= 0.6 is 0 Å². The summed E-state index contributed by atoms with van der Waals surface area (Å²) in [6.45, 7) is 0.680. The predicted octanol–water partition coefficient (Wildman–Crippen LogP) is 4.60. The van der Waals surface area contributed by atoms with Crippen LogP contribution < -0.4 is 10.9 Å². The van der Waals surface area contributed by atoms with Crippen LogP contribution in [0.25, 0.3) is 16.6 Å². The van der Waals surface area contributed by atoms with E-state index in [2.05, 4.69) is 17.4 Å². The Morgan fingerprint density at radius 2 is 1.40 bits per heavy atom. The molecule has 0 saturated heterocycles. The summed E-state index contributed by atoms with van der Waals surface area (Å²) in [5, 5.41) is 4.44. The van der Waals surface area contributed by atoms with E-state index in [-0.39, 0.29) is 5.56 Å². The summed E-state index contributed by atoms with van der Waals surface area (Å²) in [5.41, 5.74) is 3.77. The average Bonchev–Trinajstić information content (AvgIpc) is 2.67. The van der Waals surface area contributed by atoms with Gasteiger partial charge in [0.2, 0.25) is 0 Å². The lowest BCUT2D eigenvalue weighted by molar-refractivity contribution is 1.04. The van der Waals surface area contributed by atoms with Crippen molar-refractivity contribution in [1.82, 2.24) is 4.57 Å². The molecule has 1 N–H and O–H groups in total. The molecule has 0 unspecified atom stereocenters. The highest BCUT2D eigenvalue weighted by atomic mass is 16.1. The van der Waals surface area contributed by atoms with E-state index in [4.69, 9.17) is 0 Å². The number of aromatic nitrogens is 1. The number of nitrogens with zero attached hydrogens (tertiary/aromatic N) is 1. The third-order valence-electron chi connectivity index (χ3n) is 4.26. The van der Waals surface area contributed by atoms with Crippen molar-refractivity contribution in [2.45, 2.75) is 6.54 Å². The molecule has 3 heteroatoms. The molecule has 1 aromatic heterocycles. The maximum atomic E-state index is 12.8. The number of fused-ring (bicyclic) bond motifs is 1. The van der Waals surface area contributed by atoms with Crippen molar-refractivity contribution >= 4 is 16.6 Å². The van der Waals surface area contributed by atoms with Crippen LogP contribution in [0.1, 0.15) is 5.56 Å². The van der Waals surface area contributed by atoms with Crippen LogP contribution in [0.3, 0.4) is 0 Å². The van der Waals surface area contributed by atoms with Gasteiger partial charge < -0.3 is 5.32 Å². The van der Waals surface area contributed by atoms with Crippen molar-refractivity contribution in [3.8, 4) is 5.69 Å². The van der Waals surface area contributed by atoms with Crippen LogP contribution in [-0.2, 0) is 6.54 Å². The lowest BCUT2D eigenvalue weighted by Crippen LogP contribution is -2.19. The third kappa shape index (κ3) is 3.04. The van der Waals surface area contributed by atoms with Crippen molar-refractivity contribution in [2.75, 3.05) is 5.32 Å². The van der Waals surface area contributed by atoms with Gasteiger partial charge in [0.15, 0.2) is 0 Å². The number of nitrogens with one attached hydrogen (secondary N) is 1. The number of anilines is 1. The number of hydrogen-bond donors (Lipinski definition) is 1. The molecule has 0 radical (unpaired) electrons. The minimum atomic E-state index is -0.0412. The monoisotopic (exact) mass is 326 g/mol. The summed E-state index contributed by atoms with van der Waals surface area (Å²) in [6, 6.07) is 29.6. The number of para-hydroxylation sites is 2. The molecule has 0 bridgehead atoms. The van der Waals surface area contributed by atoms with Crippen LogP contribution in [0, 0.1) is 0 Å². The quantitative estimate of drug-likeness (QED) is 0.594. The molecule has 4 aromatic rings. The first-order valence-corrected chi connectivity index (χ1v) is 8.31. The molecule has 1 heterocycles. The Kier molecular flexibility index (Phi) is 4.05. The molecule has 0 atom stereocenters. The Labute approximate surface area is 146 Å². The molecular formula is C22H18N2O. The van der Waals surface area contributed by atoms with Gasteiger partial charge >= 0.3 is 0 Å². The van der Waals surface area contributed by atoms with E-state index in [1.54, 1.807) is 10.6 Å². The fourth-order valence-electron chi connectivity index (χ4n) is 3.06. The van der Waals surface area contributed by atoms with E-state index in [1.807, 2.05) is 72.8 Å². The Hall–Kier alpha value is -3.33. The van der Waals surface area contributed by atoms with Crippen molar-refractivity contribution in [1.29, 1.82) is 0 Å². The number of hydrogen-bond acceptors (Lipinski definition) is 2. The largest absolute Gasteiger partial charge is 0.380 e. The van der Waals surface area contributed by atoms with E-state index >= 15 is 0 Å². The molecule has 0 aliphatic rings. The lowest BCUT2D eigenvalue weighted by atomic mass is 10.1. The van der Waals surface area contributed by atoms with Crippen LogP contribution in [0.4, 0.5) is 5.69 Å². The molecule has 0 fully saturated rings. The molecule has 0 saturated carbocycles. The van der Waals surface area contributed by atoms with E-state index in [1.165, 1.54) is 5.56 Å². The Morgan fingerprint density at radius 3 is 2.16 bits per heavy atom. The van der Waals surface area contributed by atoms with Crippen LogP contribution in [0.5, 0.6) is 0 Å². The number of pyridine rings is 1. The Balaban J connectivity index is 1.81. The van der Waals surface area contributed by atoms with Gasteiger partial charge in [0, 0.05) is 29.4 Å². The van der Waals surface area contributed by atoms with Crippen LogP contribution in [0.2, 0.25) is 0 Å². The van der Waals surface area contributed by atoms with E-state index in [0.29, 0.717) is 6.54 Å². The highest BCUT2D eigenvalue weighted by molar-refractivity contribution is 5.92. The minimum Gasteiger partial charge on any atom is -0.380 e. The summed E-state index contributed by atoms with van der Waals surface area (Å²) < 4.78 is 1.75. The SMILES string of the molecule is O=c1cc(NCc2ccccc2)c2ccccc2n1-c1ccccc1. The number of rotatable bonds is 4. The van der Waals surface area contributed by atoms with E-state index in [0.717, 1.165) is 22.3 Å². The van der Waals surface area contributed by atoms with Gasteiger partial charge in [-0.3, -0.25) is 9.36 Å². The average molecular weight is 326 g/mol. The topological polar surface area (TPSA) is 34.0 Å². The highest BCUT2D eigenvalue weighted by Gasteiger charge is 2.09. The summed E-state index contributed by atoms with van der Waals surface area (Å²) in [7, 11) is 0. The molecule has 122 valence electrons. The zero-order chi connectivity index (χ0) is 17.1. The molecule has 0 aliphatic heterocycles. The molecule has 0 amide bonds. The first-order valence-electron chi connectivity index (χ1n) is 8.31. The maximum Gasteiger partial charge on any atom is 0.257 e. The standard InChI is InChI=1S/C22H18N2O/c25-22-15-20(23-16-17-9-3-1-4-10-17)19-13-7-8-14-21(19)24(22)18-11-5-2-6-12-18/h1-15,23H,16H2. The van der Waals surface area contributed by atoms with Crippen molar-refractivity contribution in [3.63, 3.8) is 0 Å². The van der Waals surface area contributed by atoms with Gasteiger partial charge in [-0.25, -0.2) is 0 Å². The lowest BCUT2D eigenvalue weighted by Gasteiger charge is -2.15. The van der Waals surface area contributed by atoms with Gasteiger partial charge in [-0.15, -0.1) is 0 Å². The van der Waals surface area contributed by atoms with Crippen LogP contribution in [-0.4, -0.2) is 4.57 Å². The van der Waals surface area contributed by atoms with Gasteiger partial charge in [0.05, 0.1) is 5.52 Å². The van der Waals surface area contributed by atoms with Gasteiger partial charge in [0.1, 0.15) is 0 Å². The summed E-state index contributed by atoms with van der Waals surface area (Å²) in [6.07, 6.45) is 0. The zero-order valence-electron chi connectivity index (χ0n) is 13.7. The third-order valence-corrected chi connectivity index (χ3v) is 4.26. The molecule has 3 nitrogen and oxygen atoms in total. The molecular weight excluding hydrogens is 308 g/mol. The summed E-state index contributed by atoms with van der Waals surface area (Å²) in [4.78, 5) is 12.8. The van der Waals surface area contributed by atoms with Crippen LogP contribution in [0.15, 0.2) is 95.8 Å². The smallest absolute Gasteiger partial charge is 0.257 e. The molecule has 4 rings (SSSR count). The summed E-state index contributed by atoms with van der Waals surface area (Å²) >= 11 is 0. The maximum absolute atomic E-state index is 12.8. The molecule has 25 heavy (non-hydrogen) atoms. The molecule has 0 aliphatic carbocycles.